The van der Waals surface area contributed by atoms with Crippen LogP contribution >= 0.6 is 23.2 Å². The maximum Gasteiger partial charge on any atom is 0.155 e. The summed E-state index contributed by atoms with van der Waals surface area (Å²) in [6.07, 6.45) is 0. The molecule has 0 saturated carbocycles. The lowest BCUT2D eigenvalue weighted by atomic mass is 10.2. The topological polar surface area (TPSA) is 25.2 Å². The zero-order chi connectivity index (χ0) is 13.9. The van der Waals surface area contributed by atoms with Crippen LogP contribution in [0.15, 0.2) is 65.7 Å². The summed E-state index contributed by atoms with van der Waals surface area (Å²) in [5, 5.41) is 2.11. The molecule has 0 unspecified atom stereocenters. The molecule has 0 N–H and O–H groups in total. The maximum absolute atomic E-state index is 6.24. The highest BCUT2D eigenvalue weighted by Gasteiger charge is 2.03. The summed E-state index contributed by atoms with van der Waals surface area (Å²) in [5.74, 6) is 0. The molecule has 3 aromatic rings. The van der Waals surface area contributed by atoms with E-state index >= 15 is 0 Å². The van der Waals surface area contributed by atoms with Crippen molar-refractivity contribution >= 4 is 45.0 Å². The first-order chi connectivity index (χ1) is 9.72. The fraction of sp³-hybridized carbons (Fsp3) is 0. The third kappa shape index (κ3) is 2.82. The van der Waals surface area contributed by atoms with E-state index in [1.54, 1.807) is 12.1 Å². The second-order valence-corrected chi connectivity index (χ2v) is 5.06. The molecule has 0 atom stereocenters. The summed E-state index contributed by atoms with van der Waals surface area (Å²) in [4.78, 5) is 8.84. The van der Waals surface area contributed by atoms with Crippen molar-refractivity contribution in [3.05, 3.63) is 71.4 Å². The minimum absolute atomic E-state index is 0.359. The molecular weight excluding hydrogens is 291 g/mol. The zero-order valence-electron chi connectivity index (χ0n) is 10.4. The number of benzene rings is 2. The predicted molar refractivity (Wildman–Crippen MR) is 85.2 cm³/mol. The van der Waals surface area contributed by atoms with Gasteiger partial charge in [-0.1, -0.05) is 47.5 Å². The Bertz CT molecular complexity index is 780. The molecule has 0 amide bonds. The summed E-state index contributed by atoms with van der Waals surface area (Å²) in [7, 11) is 0. The quantitative estimate of drug-likeness (QED) is 0.597. The minimum Gasteiger partial charge on any atom is -0.245 e. The van der Waals surface area contributed by atoms with Crippen molar-refractivity contribution in [2.24, 2.45) is 4.99 Å². The number of halogens is 2. The first-order valence-electron chi connectivity index (χ1n) is 6.08. The number of para-hydroxylation sites is 1. The van der Waals surface area contributed by atoms with Crippen molar-refractivity contribution in [3.8, 4) is 0 Å². The Hall–Kier alpha value is -1.90. The second kappa shape index (κ2) is 5.61. The average molecular weight is 301 g/mol. The van der Waals surface area contributed by atoms with E-state index in [1.165, 1.54) is 0 Å². The van der Waals surface area contributed by atoms with Crippen LogP contribution in [-0.2, 0) is 0 Å². The van der Waals surface area contributed by atoms with Crippen LogP contribution < -0.4 is 0 Å². The van der Waals surface area contributed by atoms with Gasteiger partial charge in [-0.15, -0.1) is 0 Å². The first-order valence-corrected chi connectivity index (χ1v) is 6.84. The minimum atomic E-state index is 0.359. The van der Waals surface area contributed by atoms with Gasteiger partial charge in [-0.05, 0) is 36.4 Å². The first kappa shape index (κ1) is 13.1. The molecular formula is C16H10Cl2N2. The van der Waals surface area contributed by atoms with Crippen molar-refractivity contribution in [2.45, 2.75) is 0 Å². The van der Waals surface area contributed by atoms with Gasteiger partial charge < -0.3 is 0 Å². The Labute approximate surface area is 126 Å². The van der Waals surface area contributed by atoms with Crippen LogP contribution in [0.25, 0.3) is 10.9 Å². The molecule has 0 radical (unpaired) electrons. The SMILES string of the molecule is ClC(=Nc1ccc(Cl)cc1)c1ccc2ccccc2n1. The van der Waals surface area contributed by atoms with Crippen LogP contribution in [0.1, 0.15) is 5.69 Å². The van der Waals surface area contributed by atoms with Gasteiger partial charge in [-0.2, -0.15) is 0 Å². The van der Waals surface area contributed by atoms with E-state index in [9.17, 15) is 0 Å². The van der Waals surface area contributed by atoms with Crippen molar-refractivity contribution in [3.63, 3.8) is 0 Å². The molecule has 0 aliphatic rings. The van der Waals surface area contributed by atoms with E-state index < -0.39 is 0 Å². The largest absolute Gasteiger partial charge is 0.245 e. The highest BCUT2D eigenvalue weighted by molar-refractivity contribution is 6.69. The van der Waals surface area contributed by atoms with Gasteiger partial charge in [0.1, 0.15) is 5.69 Å². The molecule has 0 spiro atoms. The van der Waals surface area contributed by atoms with E-state index in [2.05, 4.69) is 9.98 Å². The molecule has 0 fully saturated rings. The normalized spacial score (nSPS) is 11.8. The maximum atomic E-state index is 6.24. The van der Waals surface area contributed by atoms with Crippen LogP contribution in [0.2, 0.25) is 5.02 Å². The lowest BCUT2D eigenvalue weighted by molar-refractivity contribution is 1.36. The van der Waals surface area contributed by atoms with Crippen molar-refractivity contribution < 1.29 is 0 Å². The molecule has 0 bridgehead atoms. The molecule has 20 heavy (non-hydrogen) atoms. The van der Waals surface area contributed by atoms with Gasteiger partial charge in [0.05, 0.1) is 11.2 Å². The Morgan fingerprint density at radius 2 is 1.65 bits per heavy atom. The van der Waals surface area contributed by atoms with Gasteiger partial charge in [0.2, 0.25) is 0 Å². The summed E-state index contributed by atoms with van der Waals surface area (Å²) in [5.41, 5.74) is 2.30. The molecule has 0 aliphatic heterocycles. The van der Waals surface area contributed by atoms with Crippen molar-refractivity contribution in [2.75, 3.05) is 0 Å². The van der Waals surface area contributed by atoms with Crippen LogP contribution in [0.4, 0.5) is 5.69 Å². The lowest BCUT2D eigenvalue weighted by Gasteiger charge is -2.01. The fourth-order valence-electron chi connectivity index (χ4n) is 1.87. The van der Waals surface area contributed by atoms with Gasteiger partial charge in [-0.25, -0.2) is 9.98 Å². The standard InChI is InChI=1S/C16H10Cl2N2/c17-12-6-8-13(9-7-12)19-16(18)15-10-5-11-3-1-2-4-14(11)20-15/h1-10H. The Morgan fingerprint density at radius 3 is 2.45 bits per heavy atom. The molecule has 1 heterocycles. The van der Waals surface area contributed by atoms with Crippen molar-refractivity contribution in [1.82, 2.24) is 4.98 Å². The number of aromatic nitrogens is 1. The number of nitrogens with zero attached hydrogens (tertiary/aromatic N) is 2. The van der Waals surface area contributed by atoms with E-state index in [0.29, 0.717) is 15.9 Å². The highest BCUT2D eigenvalue weighted by atomic mass is 35.5. The van der Waals surface area contributed by atoms with Crippen LogP contribution in [0.3, 0.4) is 0 Å². The molecule has 0 saturated heterocycles. The number of rotatable bonds is 2. The third-order valence-corrected chi connectivity index (χ3v) is 3.39. The Balaban J connectivity index is 1.99. The average Bonchev–Trinajstić information content (AvgIpc) is 2.49. The summed E-state index contributed by atoms with van der Waals surface area (Å²) in [6.45, 7) is 0. The van der Waals surface area contributed by atoms with Gasteiger partial charge >= 0.3 is 0 Å². The smallest absolute Gasteiger partial charge is 0.155 e. The van der Waals surface area contributed by atoms with E-state index in [0.717, 1.165) is 16.6 Å². The number of aliphatic imine (C=N–C) groups is 1. The van der Waals surface area contributed by atoms with Crippen LogP contribution in [-0.4, -0.2) is 10.2 Å². The van der Waals surface area contributed by atoms with Crippen LogP contribution in [0, 0.1) is 0 Å². The highest BCUT2D eigenvalue weighted by Crippen LogP contribution is 2.19. The lowest BCUT2D eigenvalue weighted by Crippen LogP contribution is -1.95. The summed E-state index contributed by atoms with van der Waals surface area (Å²) < 4.78 is 0. The molecule has 1 aromatic heterocycles. The summed E-state index contributed by atoms with van der Waals surface area (Å²) >= 11 is 12.1. The van der Waals surface area contributed by atoms with Crippen molar-refractivity contribution in [1.29, 1.82) is 0 Å². The summed E-state index contributed by atoms with van der Waals surface area (Å²) in [6, 6.07) is 18.9. The third-order valence-electron chi connectivity index (χ3n) is 2.86. The molecule has 2 aromatic carbocycles. The zero-order valence-corrected chi connectivity index (χ0v) is 11.9. The van der Waals surface area contributed by atoms with E-state index in [4.69, 9.17) is 23.2 Å². The van der Waals surface area contributed by atoms with E-state index in [-0.39, 0.29) is 0 Å². The Kier molecular flexibility index (Phi) is 3.68. The van der Waals surface area contributed by atoms with Gasteiger partial charge in [-0.3, -0.25) is 0 Å². The number of hydrogen-bond donors (Lipinski definition) is 0. The Morgan fingerprint density at radius 1 is 0.900 bits per heavy atom. The molecule has 3 rings (SSSR count). The monoisotopic (exact) mass is 300 g/mol. The second-order valence-electron chi connectivity index (χ2n) is 4.27. The van der Waals surface area contributed by atoms with Gasteiger partial charge in [0.15, 0.2) is 5.17 Å². The van der Waals surface area contributed by atoms with Crippen LogP contribution in [0.5, 0.6) is 0 Å². The predicted octanol–water partition coefficient (Wildman–Crippen LogP) is 5.21. The molecule has 4 heteroatoms. The number of pyridine rings is 1. The van der Waals surface area contributed by atoms with Gasteiger partial charge in [0, 0.05) is 10.4 Å². The fourth-order valence-corrected chi connectivity index (χ4v) is 2.20. The number of fused-ring (bicyclic) bond motifs is 1. The molecule has 0 aliphatic carbocycles. The molecule has 2 nitrogen and oxygen atoms in total. The van der Waals surface area contributed by atoms with E-state index in [1.807, 2.05) is 48.5 Å². The molecule has 98 valence electrons. The van der Waals surface area contributed by atoms with Gasteiger partial charge in [0.25, 0.3) is 0 Å². The number of hydrogen-bond acceptors (Lipinski definition) is 2.